The van der Waals surface area contributed by atoms with E-state index in [0.29, 0.717) is 22.6 Å². The van der Waals surface area contributed by atoms with E-state index in [4.69, 9.17) is 18.9 Å². The van der Waals surface area contributed by atoms with Crippen LogP contribution in [0.4, 0.5) is 0 Å². The fourth-order valence-electron chi connectivity index (χ4n) is 2.20. The molecule has 0 spiro atoms. The highest BCUT2D eigenvalue weighted by Gasteiger charge is 2.18. The van der Waals surface area contributed by atoms with Crippen molar-refractivity contribution in [2.75, 3.05) is 13.9 Å². The molecule has 0 aliphatic carbocycles. The molecule has 1 aliphatic heterocycles. The predicted molar refractivity (Wildman–Crippen MR) is 86.5 cm³/mol. The Morgan fingerprint density at radius 1 is 1.16 bits per heavy atom. The van der Waals surface area contributed by atoms with E-state index >= 15 is 0 Å². The molecule has 0 saturated heterocycles. The second-order valence-electron chi connectivity index (χ2n) is 4.97. The Balaban J connectivity index is 1.79. The molecule has 3 rings (SSSR count). The second kappa shape index (κ2) is 6.91. The summed E-state index contributed by atoms with van der Waals surface area (Å²) in [7, 11) is 1.41. The van der Waals surface area contributed by atoms with Crippen LogP contribution in [0.2, 0.25) is 0 Å². The molecule has 0 atom stereocenters. The third-order valence-electron chi connectivity index (χ3n) is 3.39. The summed E-state index contributed by atoms with van der Waals surface area (Å²) < 4.78 is 20.9. The minimum absolute atomic E-state index is 0.112. The molecule has 8 heteroatoms. The number of carbonyl (C=O) groups is 1. The Kier molecular flexibility index (Phi) is 4.51. The molecule has 1 aliphatic rings. The quantitative estimate of drug-likeness (QED) is 0.356. The lowest BCUT2D eigenvalue weighted by atomic mass is 10.2. The van der Waals surface area contributed by atoms with Gasteiger partial charge in [0.1, 0.15) is 0 Å². The maximum Gasteiger partial charge on any atom is 0.343 e. The fourth-order valence-corrected chi connectivity index (χ4v) is 2.20. The van der Waals surface area contributed by atoms with Gasteiger partial charge in [-0.2, -0.15) is 0 Å². The van der Waals surface area contributed by atoms with Crippen LogP contribution in [0.3, 0.4) is 0 Å². The van der Waals surface area contributed by atoms with E-state index in [0.717, 1.165) is 6.20 Å². The molecule has 0 bridgehead atoms. The minimum atomic E-state index is -0.592. The Labute approximate surface area is 142 Å². The van der Waals surface area contributed by atoms with Crippen LogP contribution in [0.1, 0.15) is 15.9 Å². The van der Waals surface area contributed by atoms with Crippen LogP contribution >= 0.6 is 0 Å². The number of nitro groups is 1. The number of methoxy groups -OCH3 is 1. The first-order valence-corrected chi connectivity index (χ1v) is 7.18. The lowest BCUT2D eigenvalue weighted by Crippen LogP contribution is -2.09. The Bertz CT molecular complexity index is 860. The normalized spacial score (nSPS) is 12.2. The molecule has 0 saturated carbocycles. The standard InChI is InChI=1S/C17H13NO7/c1-22-15-8-11(6-7-18(20)21)2-4-14(15)25-17(19)12-3-5-13-16(9-12)24-10-23-13/h2-9H,10H2,1H3. The van der Waals surface area contributed by atoms with Gasteiger partial charge in [0, 0.05) is 6.08 Å². The number of carbonyl (C=O) groups excluding carboxylic acids is 1. The summed E-state index contributed by atoms with van der Waals surface area (Å²) in [6.45, 7) is 0.112. The van der Waals surface area contributed by atoms with Gasteiger partial charge in [0.05, 0.1) is 17.6 Å². The summed E-state index contributed by atoms with van der Waals surface area (Å²) >= 11 is 0. The molecule has 0 fully saturated rings. The third-order valence-corrected chi connectivity index (χ3v) is 3.39. The first-order chi connectivity index (χ1) is 12.1. The van der Waals surface area contributed by atoms with E-state index in [9.17, 15) is 14.9 Å². The van der Waals surface area contributed by atoms with Crippen molar-refractivity contribution in [3.8, 4) is 23.0 Å². The van der Waals surface area contributed by atoms with E-state index in [1.165, 1.54) is 31.4 Å². The summed E-state index contributed by atoms with van der Waals surface area (Å²) in [5.74, 6) is 0.922. The SMILES string of the molecule is COc1cc(C=C[N+](=O)[O-])ccc1OC(=O)c1ccc2c(c1)OCO2. The first-order valence-electron chi connectivity index (χ1n) is 7.18. The fraction of sp³-hybridized carbons (Fsp3) is 0.118. The average molecular weight is 343 g/mol. The second-order valence-corrected chi connectivity index (χ2v) is 4.97. The van der Waals surface area contributed by atoms with Crippen LogP contribution in [-0.4, -0.2) is 24.8 Å². The van der Waals surface area contributed by atoms with E-state index in [2.05, 4.69) is 0 Å². The van der Waals surface area contributed by atoms with Gasteiger partial charge in [-0.3, -0.25) is 10.1 Å². The molecule has 128 valence electrons. The van der Waals surface area contributed by atoms with Gasteiger partial charge in [0.15, 0.2) is 23.0 Å². The van der Waals surface area contributed by atoms with Gasteiger partial charge >= 0.3 is 5.97 Å². The molecule has 2 aromatic carbocycles. The summed E-state index contributed by atoms with van der Waals surface area (Å²) in [4.78, 5) is 22.1. The Morgan fingerprint density at radius 3 is 2.72 bits per heavy atom. The molecule has 0 radical (unpaired) electrons. The molecule has 2 aromatic rings. The number of nitrogens with zero attached hydrogens (tertiary/aromatic N) is 1. The van der Waals surface area contributed by atoms with Gasteiger partial charge in [-0.25, -0.2) is 4.79 Å². The predicted octanol–water partition coefficient (Wildman–Crippen LogP) is 2.89. The van der Waals surface area contributed by atoms with E-state index in [1.807, 2.05) is 0 Å². The van der Waals surface area contributed by atoms with Crippen molar-refractivity contribution in [2.45, 2.75) is 0 Å². The van der Waals surface area contributed by atoms with E-state index < -0.39 is 10.9 Å². The highest BCUT2D eigenvalue weighted by atomic mass is 16.7. The molecule has 0 amide bonds. The molecule has 1 heterocycles. The molecule has 25 heavy (non-hydrogen) atoms. The van der Waals surface area contributed by atoms with Crippen molar-refractivity contribution in [1.29, 1.82) is 0 Å². The number of hydrogen-bond donors (Lipinski definition) is 0. The number of fused-ring (bicyclic) bond motifs is 1. The third kappa shape index (κ3) is 3.69. The molecular weight excluding hydrogens is 330 g/mol. The summed E-state index contributed by atoms with van der Waals surface area (Å²) in [5.41, 5.74) is 0.833. The van der Waals surface area contributed by atoms with Crippen molar-refractivity contribution in [3.63, 3.8) is 0 Å². The van der Waals surface area contributed by atoms with Crippen LogP contribution < -0.4 is 18.9 Å². The largest absolute Gasteiger partial charge is 0.493 e. The topological polar surface area (TPSA) is 97.1 Å². The van der Waals surface area contributed by atoms with Crippen LogP contribution in [0, 0.1) is 10.1 Å². The van der Waals surface area contributed by atoms with Gasteiger partial charge in [-0.05, 0) is 35.9 Å². The van der Waals surface area contributed by atoms with Crippen molar-refractivity contribution in [3.05, 3.63) is 63.8 Å². The van der Waals surface area contributed by atoms with Gasteiger partial charge in [0.2, 0.25) is 13.0 Å². The van der Waals surface area contributed by atoms with Crippen molar-refractivity contribution in [2.24, 2.45) is 0 Å². The Morgan fingerprint density at radius 2 is 1.96 bits per heavy atom. The molecule has 0 unspecified atom stereocenters. The van der Waals surface area contributed by atoms with Crippen LogP contribution in [0.25, 0.3) is 6.08 Å². The van der Waals surface area contributed by atoms with Crippen molar-refractivity contribution in [1.82, 2.24) is 0 Å². The highest BCUT2D eigenvalue weighted by Crippen LogP contribution is 2.34. The van der Waals surface area contributed by atoms with Gasteiger partial charge in [0.25, 0.3) is 0 Å². The molecule has 0 aromatic heterocycles. The monoisotopic (exact) mass is 343 g/mol. The maximum absolute atomic E-state index is 12.3. The maximum atomic E-state index is 12.3. The van der Waals surface area contributed by atoms with Gasteiger partial charge < -0.3 is 18.9 Å². The summed E-state index contributed by atoms with van der Waals surface area (Å²) in [6.07, 6.45) is 2.12. The van der Waals surface area contributed by atoms with Crippen LogP contribution in [0.15, 0.2) is 42.6 Å². The molecular formula is C17H13NO7. The number of esters is 1. The molecule has 0 N–H and O–H groups in total. The van der Waals surface area contributed by atoms with Crippen LogP contribution in [-0.2, 0) is 0 Å². The minimum Gasteiger partial charge on any atom is -0.493 e. The average Bonchev–Trinajstić information content (AvgIpc) is 3.08. The number of benzene rings is 2. The summed E-state index contributed by atoms with van der Waals surface area (Å²) in [6, 6.07) is 9.33. The zero-order valence-electron chi connectivity index (χ0n) is 13.1. The zero-order chi connectivity index (χ0) is 17.8. The number of ether oxygens (including phenoxy) is 4. The lowest BCUT2D eigenvalue weighted by Gasteiger charge is -2.10. The highest BCUT2D eigenvalue weighted by molar-refractivity contribution is 5.92. The number of rotatable bonds is 5. The van der Waals surface area contributed by atoms with E-state index in [-0.39, 0.29) is 18.3 Å². The summed E-state index contributed by atoms with van der Waals surface area (Å²) in [5, 5.41) is 10.4. The van der Waals surface area contributed by atoms with Gasteiger partial charge in [-0.1, -0.05) is 6.07 Å². The van der Waals surface area contributed by atoms with Gasteiger partial charge in [-0.15, -0.1) is 0 Å². The zero-order valence-corrected chi connectivity index (χ0v) is 13.1. The van der Waals surface area contributed by atoms with Crippen molar-refractivity contribution < 1.29 is 28.7 Å². The molecule has 8 nitrogen and oxygen atoms in total. The smallest absolute Gasteiger partial charge is 0.343 e. The van der Waals surface area contributed by atoms with Crippen molar-refractivity contribution >= 4 is 12.0 Å². The first kappa shape index (κ1) is 16.3. The van der Waals surface area contributed by atoms with E-state index in [1.54, 1.807) is 18.2 Å². The lowest BCUT2D eigenvalue weighted by molar-refractivity contribution is -0.400. The Hall–Kier alpha value is -3.55. The number of hydrogen-bond acceptors (Lipinski definition) is 7. The van der Waals surface area contributed by atoms with Crippen LogP contribution in [0.5, 0.6) is 23.0 Å².